The van der Waals surface area contributed by atoms with E-state index < -0.39 is 36.0 Å². The number of nitrogens with zero attached hydrogens (tertiary/aromatic N) is 3. The van der Waals surface area contributed by atoms with Gasteiger partial charge in [0.2, 0.25) is 0 Å². The second-order valence-corrected chi connectivity index (χ2v) is 15.1. The normalized spacial score (nSPS) is 15.4. The fourth-order valence-corrected chi connectivity index (χ4v) is 6.71. The van der Waals surface area contributed by atoms with E-state index in [-0.39, 0.29) is 28.1 Å². The van der Waals surface area contributed by atoms with Crippen molar-refractivity contribution in [2.24, 2.45) is 0 Å². The van der Waals surface area contributed by atoms with Gasteiger partial charge in [0, 0.05) is 17.9 Å². The number of cyclic esters (lactones) is 1. The van der Waals surface area contributed by atoms with E-state index >= 15 is 0 Å². The van der Waals surface area contributed by atoms with Crippen LogP contribution in [0.2, 0.25) is 5.02 Å². The lowest BCUT2D eigenvalue weighted by molar-refractivity contribution is -0.127. The monoisotopic (exact) mass is 748 g/mol. The number of rotatable bonds is 12. The van der Waals surface area contributed by atoms with E-state index in [1.165, 1.54) is 22.3 Å². The molecule has 0 spiro atoms. The predicted octanol–water partition coefficient (Wildman–Crippen LogP) is 9.64. The first-order chi connectivity index (χ1) is 25.7. The Kier molecular flexibility index (Phi) is 10.8. The Labute approximate surface area is 320 Å². The number of halogens is 1. The van der Waals surface area contributed by atoms with E-state index in [0.717, 1.165) is 23.3 Å². The van der Waals surface area contributed by atoms with Crippen molar-refractivity contribution in [1.29, 1.82) is 0 Å². The second kappa shape index (κ2) is 15.2. The zero-order valence-corrected chi connectivity index (χ0v) is 32.4. The first-order valence-corrected chi connectivity index (χ1v) is 18.6. The van der Waals surface area contributed by atoms with Crippen molar-refractivity contribution in [3.05, 3.63) is 113 Å². The average molecular weight is 749 g/mol. The molecule has 6 rings (SSSR count). The molecule has 5 aromatic rings. The third kappa shape index (κ3) is 7.15. The highest BCUT2D eigenvalue weighted by atomic mass is 35.5. The molecule has 280 valence electrons. The van der Waals surface area contributed by atoms with Crippen molar-refractivity contribution in [1.82, 2.24) is 9.55 Å². The van der Waals surface area contributed by atoms with Gasteiger partial charge in [-0.3, -0.25) is 19.0 Å². The molecule has 0 radical (unpaired) electrons. The molecular formula is C43H45ClN4O6. The topological polar surface area (TPSA) is 120 Å². The predicted molar refractivity (Wildman–Crippen MR) is 211 cm³/mol. The molecule has 54 heavy (non-hydrogen) atoms. The number of amides is 3. The molecule has 1 aromatic heterocycles. The fraction of sp³-hybridized carbons (Fsp3) is 0.326. The molecule has 2 unspecified atom stereocenters. The molecule has 0 saturated carbocycles. The lowest BCUT2D eigenvalue weighted by atomic mass is 9.76. The van der Waals surface area contributed by atoms with Gasteiger partial charge >= 0.3 is 6.09 Å². The molecule has 1 saturated heterocycles. The number of fused-ring (bicyclic) bond motifs is 1. The number of imidazole rings is 1. The van der Waals surface area contributed by atoms with Crippen LogP contribution in [0.5, 0.6) is 0 Å². The number of imide groups is 1. The summed E-state index contributed by atoms with van der Waals surface area (Å²) in [6, 6.07) is 26.7. The van der Waals surface area contributed by atoms with Crippen molar-refractivity contribution in [2.45, 2.75) is 84.3 Å². The molecule has 1 N–H and O–H groups in total. The summed E-state index contributed by atoms with van der Waals surface area (Å²) < 4.78 is 12.7. The molecule has 0 aliphatic carbocycles. The summed E-state index contributed by atoms with van der Waals surface area (Å²) in [4.78, 5) is 61.1. The molecule has 11 heteroatoms. The minimum absolute atomic E-state index is 0.0342. The van der Waals surface area contributed by atoms with Gasteiger partial charge in [0.15, 0.2) is 6.10 Å². The molecule has 3 amide bonds. The Hall–Kier alpha value is -5.32. The smallest absolute Gasteiger partial charge is 0.422 e. The van der Waals surface area contributed by atoms with Crippen molar-refractivity contribution in [2.75, 3.05) is 16.8 Å². The van der Waals surface area contributed by atoms with Crippen LogP contribution in [0.4, 0.5) is 16.2 Å². The summed E-state index contributed by atoms with van der Waals surface area (Å²) >= 11 is 6.62. The Bertz CT molecular complexity index is 2250. The maximum absolute atomic E-state index is 14.2. The average Bonchev–Trinajstić information content (AvgIpc) is 3.70. The van der Waals surface area contributed by atoms with Crippen LogP contribution in [0.3, 0.4) is 0 Å². The van der Waals surface area contributed by atoms with Crippen LogP contribution in [0.15, 0.2) is 91.0 Å². The highest BCUT2D eigenvalue weighted by molar-refractivity contribution is 6.36. The quantitative estimate of drug-likeness (QED) is 0.126. The summed E-state index contributed by atoms with van der Waals surface area (Å²) in [5.41, 5.74) is 4.47. The molecule has 4 aromatic carbocycles. The third-order valence-corrected chi connectivity index (χ3v) is 10.8. The first-order valence-electron chi connectivity index (χ1n) is 18.2. The van der Waals surface area contributed by atoms with Crippen LogP contribution < -0.4 is 10.2 Å². The molecule has 2 heterocycles. The van der Waals surface area contributed by atoms with Crippen molar-refractivity contribution in [3.63, 3.8) is 0 Å². The van der Waals surface area contributed by atoms with E-state index in [1.807, 2.05) is 30.3 Å². The number of nitrogens with one attached hydrogen (secondary N) is 1. The van der Waals surface area contributed by atoms with Crippen LogP contribution in [0, 0.1) is 0 Å². The zero-order chi connectivity index (χ0) is 38.9. The number of aromatic nitrogens is 2. The SMILES string of the molecule is CCOC(C(=O)Nc1ccc(C(C)(C)CC)cc1C(C)(C)CC)c1ccc(Cl)c(N2C(=O)OC(C(=O)n3c(-c4ccccc4)nc4ccccc43)C2=O)c1. The van der Waals surface area contributed by atoms with E-state index in [9.17, 15) is 19.2 Å². The standard InChI is InChI=1S/C43H45ClN4O6/c1-8-42(4,5)28-21-23-31(29(25-28)43(6,7)9-2)46-38(49)35(53-10-3)27-20-22-30(44)34(24-27)48-40(51)36(54-41(48)52)39(50)47-33-19-15-14-18-32(33)45-37(47)26-16-12-11-13-17-26/h11-25,35-36H,8-10H2,1-7H3,(H,46,49). The van der Waals surface area contributed by atoms with Crippen LogP contribution in [0.1, 0.15) is 88.9 Å². The molecule has 1 aliphatic heterocycles. The molecule has 1 fully saturated rings. The Morgan fingerprint density at radius 2 is 1.57 bits per heavy atom. The number of para-hydroxylation sites is 2. The minimum Gasteiger partial charge on any atom is -0.425 e. The highest BCUT2D eigenvalue weighted by Gasteiger charge is 2.48. The van der Waals surface area contributed by atoms with Gasteiger partial charge in [-0.05, 0) is 77.6 Å². The van der Waals surface area contributed by atoms with Gasteiger partial charge in [-0.1, -0.05) is 114 Å². The van der Waals surface area contributed by atoms with Crippen LogP contribution in [-0.2, 0) is 29.9 Å². The summed E-state index contributed by atoms with van der Waals surface area (Å²) in [7, 11) is 0. The van der Waals surface area contributed by atoms with Gasteiger partial charge in [0.1, 0.15) is 5.82 Å². The van der Waals surface area contributed by atoms with Crippen molar-refractivity contribution in [3.8, 4) is 11.4 Å². The van der Waals surface area contributed by atoms with Gasteiger partial charge in [-0.25, -0.2) is 14.7 Å². The number of anilines is 2. The van der Waals surface area contributed by atoms with E-state index in [4.69, 9.17) is 21.1 Å². The maximum atomic E-state index is 14.2. The summed E-state index contributed by atoms with van der Waals surface area (Å²) in [5, 5.41) is 3.13. The first kappa shape index (κ1) is 38.4. The molecule has 2 atom stereocenters. The van der Waals surface area contributed by atoms with E-state index in [1.54, 1.807) is 49.4 Å². The van der Waals surface area contributed by atoms with Gasteiger partial charge in [-0.15, -0.1) is 0 Å². The maximum Gasteiger partial charge on any atom is 0.422 e. The summed E-state index contributed by atoms with van der Waals surface area (Å²) in [5.74, 6) is -1.87. The number of benzene rings is 4. The van der Waals surface area contributed by atoms with Gasteiger partial charge < -0.3 is 14.8 Å². The van der Waals surface area contributed by atoms with Crippen molar-refractivity contribution < 1.29 is 28.7 Å². The zero-order valence-electron chi connectivity index (χ0n) is 31.6. The summed E-state index contributed by atoms with van der Waals surface area (Å²) in [6.45, 7) is 14.9. The van der Waals surface area contributed by atoms with E-state index in [0.29, 0.717) is 33.7 Å². The lowest BCUT2D eigenvalue weighted by Crippen LogP contribution is -2.37. The number of carbonyl (C=O) groups is 4. The van der Waals surface area contributed by atoms with Gasteiger partial charge in [0.05, 0.1) is 21.7 Å². The van der Waals surface area contributed by atoms with Crippen LogP contribution in [0.25, 0.3) is 22.4 Å². The van der Waals surface area contributed by atoms with Gasteiger partial charge in [0.25, 0.3) is 23.8 Å². The molecular weight excluding hydrogens is 704 g/mol. The number of hydrogen-bond acceptors (Lipinski definition) is 7. The number of carbonyl (C=O) groups excluding carboxylic acids is 4. The number of ether oxygens (including phenoxy) is 2. The molecule has 0 bridgehead atoms. The van der Waals surface area contributed by atoms with Crippen LogP contribution in [-0.4, -0.2) is 46.1 Å². The Morgan fingerprint density at radius 3 is 2.26 bits per heavy atom. The Morgan fingerprint density at radius 1 is 0.889 bits per heavy atom. The fourth-order valence-electron chi connectivity index (χ4n) is 6.51. The highest BCUT2D eigenvalue weighted by Crippen LogP contribution is 2.39. The summed E-state index contributed by atoms with van der Waals surface area (Å²) in [6.07, 6.45) is -2.23. The Balaban J connectivity index is 1.32. The largest absolute Gasteiger partial charge is 0.425 e. The van der Waals surface area contributed by atoms with Crippen LogP contribution >= 0.6 is 11.6 Å². The molecule has 10 nitrogen and oxygen atoms in total. The third-order valence-electron chi connectivity index (χ3n) is 10.5. The van der Waals surface area contributed by atoms with E-state index in [2.05, 4.69) is 57.9 Å². The minimum atomic E-state index is -1.82. The molecule has 1 aliphatic rings. The van der Waals surface area contributed by atoms with Gasteiger partial charge in [-0.2, -0.15) is 0 Å². The second-order valence-electron chi connectivity index (χ2n) is 14.7. The lowest BCUT2D eigenvalue weighted by Gasteiger charge is -2.31. The van der Waals surface area contributed by atoms with Crippen molar-refractivity contribution >= 4 is 57.8 Å². The number of hydrogen-bond donors (Lipinski definition) is 1.